The van der Waals surface area contributed by atoms with E-state index in [4.69, 9.17) is 0 Å². The van der Waals surface area contributed by atoms with Crippen molar-refractivity contribution in [2.24, 2.45) is 0 Å². The lowest BCUT2D eigenvalue weighted by Crippen LogP contribution is -2.27. The monoisotopic (exact) mass is 267 g/mol. The summed E-state index contributed by atoms with van der Waals surface area (Å²) in [4.78, 5) is 20.2. The zero-order valence-electron chi connectivity index (χ0n) is 10.9. The molecule has 1 unspecified atom stereocenters. The molecule has 100 valence electrons. The molecule has 1 atom stereocenters. The van der Waals surface area contributed by atoms with Crippen molar-refractivity contribution in [1.82, 2.24) is 24.9 Å². The largest absolute Gasteiger partial charge is 0.343 e. The molecule has 1 aromatic carbocycles. The third-order valence-electron chi connectivity index (χ3n) is 2.97. The Kier molecular flexibility index (Phi) is 3.12. The fourth-order valence-corrected chi connectivity index (χ4v) is 1.92. The molecule has 0 spiro atoms. The third-order valence-corrected chi connectivity index (χ3v) is 2.97. The summed E-state index contributed by atoms with van der Waals surface area (Å²) in [6, 6.07) is 11.4. The second-order valence-electron chi connectivity index (χ2n) is 4.41. The van der Waals surface area contributed by atoms with E-state index in [1.807, 2.05) is 37.3 Å². The average molecular weight is 267 g/mol. The van der Waals surface area contributed by atoms with Crippen LogP contribution in [0.1, 0.15) is 29.1 Å². The summed E-state index contributed by atoms with van der Waals surface area (Å²) in [5, 5.41) is 6.96. The summed E-state index contributed by atoms with van der Waals surface area (Å²) in [5.41, 5.74) is 1.03. The SMILES string of the molecule is CC(NC(=O)c1nc2ncccn2n1)c1ccccc1. The van der Waals surface area contributed by atoms with Crippen LogP contribution < -0.4 is 5.32 Å². The number of carbonyl (C=O) groups excluding carboxylic acids is 1. The van der Waals surface area contributed by atoms with Crippen LogP contribution in [-0.4, -0.2) is 25.5 Å². The molecule has 6 nitrogen and oxygen atoms in total. The zero-order valence-corrected chi connectivity index (χ0v) is 10.9. The topological polar surface area (TPSA) is 72.2 Å². The minimum atomic E-state index is -0.313. The molecule has 1 N–H and O–H groups in total. The predicted molar refractivity (Wildman–Crippen MR) is 73.1 cm³/mol. The molecule has 0 saturated carbocycles. The Hall–Kier alpha value is -2.76. The molecule has 2 heterocycles. The van der Waals surface area contributed by atoms with E-state index in [9.17, 15) is 4.79 Å². The quantitative estimate of drug-likeness (QED) is 0.782. The predicted octanol–water partition coefficient (Wildman–Crippen LogP) is 1.62. The Bertz CT molecular complexity index is 704. The molecule has 1 amide bonds. The zero-order chi connectivity index (χ0) is 13.9. The second kappa shape index (κ2) is 5.08. The van der Waals surface area contributed by atoms with Crippen LogP contribution in [0.2, 0.25) is 0 Å². The van der Waals surface area contributed by atoms with Crippen LogP contribution in [0.4, 0.5) is 0 Å². The number of rotatable bonds is 3. The van der Waals surface area contributed by atoms with Gasteiger partial charge in [-0.3, -0.25) is 4.79 Å². The summed E-state index contributed by atoms with van der Waals surface area (Å²) in [5.74, 6) is 0.211. The lowest BCUT2D eigenvalue weighted by atomic mass is 10.1. The standard InChI is InChI=1S/C14H13N5O/c1-10(11-6-3-2-4-7-11)16-13(20)12-17-14-15-8-5-9-19(14)18-12/h2-10H,1H3,(H,16,20). The van der Waals surface area contributed by atoms with Gasteiger partial charge in [-0.1, -0.05) is 30.3 Å². The first-order chi connectivity index (χ1) is 9.74. The summed E-state index contributed by atoms with van der Waals surface area (Å²) < 4.78 is 1.47. The van der Waals surface area contributed by atoms with Crippen LogP contribution in [0.15, 0.2) is 48.8 Å². The number of hydrogen-bond acceptors (Lipinski definition) is 4. The highest BCUT2D eigenvalue weighted by Crippen LogP contribution is 2.11. The first-order valence-electron chi connectivity index (χ1n) is 6.27. The van der Waals surface area contributed by atoms with E-state index < -0.39 is 0 Å². The molecule has 3 rings (SSSR count). The van der Waals surface area contributed by atoms with Crippen LogP contribution in [-0.2, 0) is 0 Å². The maximum absolute atomic E-state index is 12.1. The van der Waals surface area contributed by atoms with Gasteiger partial charge in [-0.05, 0) is 18.6 Å². The van der Waals surface area contributed by atoms with Gasteiger partial charge in [0.25, 0.3) is 11.7 Å². The molecule has 0 saturated heterocycles. The van der Waals surface area contributed by atoms with E-state index >= 15 is 0 Å². The molecule has 2 aromatic heterocycles. The van der Waals surface area contributed by atoms with E-state index in [1.165, 1.54) is 4.52 Å². The lowest BCUT2D eigenvalue weighted by molar-refractivity contribution is 0.0929. The van der Waals surface area contributed by atoms with Crippen LogP contribution in [0.5, 0.6) is 0 Å². The molecule has 20 heavy (non-hydrogen) atoms. The third kappa shape index (κ3) is 2.35. The highest BCUT2D eigenvalue weighted by Gasteiger charge is 2.16. The van der Waals surface area contributed by atoms with E-state index in [0.717, 1.165) is 5.56 Å². The van der Waals surface area contributed by atoms with Crippen molar-refractivity contribution in [3.63, 3.8) is 0 Å². The number of benzene rings is 1. The van der Waals surface area contributed by atoms with Gasteiger partial charge in [-0.15, -0.1) is 5.10 Å². The highest BCUT2D eigenvalue weighted by molar-refractivity contribution is 5.91. The Balaban J connectivity index is 1.79. The van der Waals surface area contributed by atoms with Gasteiger partial charge in [0.2, 0.25) is 5.82 Å². The minimum absolute atomic E-state index is 0.108. The molecule has 0 aliphatic rings. The van der Waals surface area contributed by atoms with Crippen LogP contribution >= 0.6 is 0 Å². The smallest absolute Gasteiger partial charge is 0.291 e. The number of carbonyl (C=O) groups is 1. The molecule has 0 aliphatic heterocycles. The van der Waals surface area contributed by atoms with Crippen molar-refractivity contribution >= 4 is 11.7 Å². The van der Waals surface area contributed by atoms with E-state index in [1.54, 1.807) is 18.5 Å². The summed E-state index contributed by atoms with van der Waals surface area (Å²) in [6.07, 6.45) is 3.31. The molecule has 0 radical (unpaired) electrons. The lowest BCUT2D eigenvalue weighted by Gasteiger charge is -2.12. The van der Waals surface area contributed by atoms with Gasteiger partial charge in [0.1, 0.15) is 0 Å². The van der Waals surface area contributed by atoms with Gasteiger partial charge in [0, 0.05) is 12.4 Å². The number of aromatic nitrogens is 4. The van der Waals surface area contributed by atoms with Crippen molar-refractivity contribution in [2.75, 3.05) is 0 Å². The van der Waals surface area contributed by atoms with Crippen LogP contribution in [0.3, 0.4) is 0 Å². The van der Waals surface area contributed by atoms with Crippen molar-refractivity contribution in [3.05, 3.63) is 60.2 Å². The second-order valence-corrected chi connectivity index (χ2v) is 4.41. The molecular weight excluding hydrogens is 254 g/mol. The van der Waals surface area contributed by atoms with Gasteiger partial charge < -0.3 is 5.32 Å². The minimum Gasteiger partial charge on any atom is -0.343 e. The number of amides is 1. The van der Waals surface area contributed by atoms with Gasteiger partial charge in [0.15, 0.2) is 0 Å². The van der Waals surface area contributed by atoms with Gasteiger partial charge in [-0.2, -0.15) is 4.98 Å². The van der Waals surface area contributed by atoms with Gasteiger partial charge in [0.05, 0.1) is 6.04 Å². The fraction of sp³-hybridized carbons (Fsp3) is 0.143. The number of nitrogens with one attached hydrogen (secondary N) is 1. The number of fused-ring (bicyclic) bond motifs is 1. The van der Waals surface area contributed by atoms with Crippen LogP contribution in [0, 0.1) is 0 Å². The Morgan fingerprint density at radius 3 is 2.80 bits per heavy atom. The molecule has 0 aliphatic carbocycles. The summed E-state index contributed by atoms with van der Waals surface area (Å²) in [7, 11) is 0. The van der Waals surface area contributed by atoms with E-state index in [-0.39, 0.29) is 17.8 Å². The molecule has 0 bridgehead atoms. The van der Waals surface area contributed by atoms with Gasteiger partial charge >= 0.3 is 0 Å². The van der Waals surface area contributed by atoms with Crippen molar-refractivity contribution in [3.8, 4) is 0 Å². The maximum Gasteiger partial charge on any atom is 0.291 e. The first kappa shape index (κ1) is 12.3. The van der Waals surface area contributed by atoms with Crippen molar-refractivity contribution in [2.45, 2.75) is 13.0 Å². The summed E-state index contributed by atoms with van der Waals surface area (Å²) in [6.45, 7) is 1.92. The normalized spacial score (nSPS) is 12.2. The Morgan fingerprint density at radius 1 is 1.25 bits per heavy atom. The van der Waals surface area contributed by atoms with Crippen molar-refractivity contribution in [1.29, 1.82) is 0 Å². The van der Waals surface area contributed by atoms with Crippen LogP contribution in [0.25, 0.3) is 5.78 Å². The van der Waals surface area contributed by atoms with E-state index in [2.05, 4.69) is 20.4 Å². The molecule has 6 heteroatoms. The first-order valence-corrected chi connectivity index (χ1v) is 6.27. The Labute approximate surface area is 115 Å². The maximum atomic E-state index is 12.1. The van der Waals surface area contributed by atoms with Crippen molar-refractivity contribution < 1.29 is 4.79 Å². The highest BCUT2D eigenvalue weighted by atomic mass is 16.2. The van der Waals surface area contributed by atoms with E-state index in [0.29, 0.717) is 5.78 Å². The van der Waals surface area contributed by atoms with Gasteiger partial charge in [-0.25, -0.2) is 9.50 Å². The Morgan fingerprint density at radius 2 is 2.05 bits per heavy atom. The number of hydrogen-bond donors (Lipinski definition) is 1. The molecule has 3 aromatic rings. The average Bonchev–Trinajstić information content (AvgIpc) is 2.92. The number of nitrogens with zero attached hydrogens (tertiary/aromatic N) is 4. The molecular formula is C14H13N5O. The molecule has 0 fully saturated rings. The fourth-order valence-electron chi connectivity index (χ4n) is 1.92. The summed E-state index contributed by atoms with van der Waals surface area (Å²) >= 11 is 0.